The Hall–Kier alpha value is -3.78. The Labute approximate surface area is 225 Å². The third-order valence-electron chi connectivity index (χ3n) is 8.00. The van der Waals surface area contributed by atoms with Crippen molar-refractivity contribution in [1.82, 2.24) is 40.4 Å². The molecule has 1 saturated heterocycles. The van der Waals surface area contributed by atoms with Crippen molar-refractivity contribution in [3.8, 4) is 0 Å². The Morgan fingerprint density at radius 3 is 2.62 bits per heavy atom. The van der Waals surface area contributed by atoms with Gasteiger partial charge in [-0.05, 0) is 55.3 Å². The Morgan fingerprint density at radius 2 is 1.90 bits per heavy atom. The fourth-order valence-electron chi connectivity index (χ4n) is 5.48. The smallest absolute Gasteiger partial charge is 0.318 e. The van der Waals surface area contributed by atoms with Crippen LogP contribution in [0, 0.1) is 5.92 Å². The summed E-state index contributed by atoms with van der Waals surface area (Å²) < 4.78 is 62.1. The van der Waals surface area contributed by atoms with E-state index in [4.69, 9.17) is 4.63 Å². The van der Waals surface area contributed by atoms with Crippen molar-refractivity contribution in [2.45, 2.75) is 75.3 Å². The minimum atomic E-state index is -3.07. The largest absolute Gasteiger partial charge is 0.342 e. The lowest BCUT2D eigenvalue weighted by Gasteiger charge is -2.36. The second-order valence-corrected chi connectivity index (χ2v) is 11.0. The number of fused-ring (bicyclic) bond motifs is 1. The number of alkyl halides is 4. The maximum atomic E-state index is 14.0. The van der Waals surface area contributed by atoms with E-state index in [0.717, 1.165) is 17.7 Å². The first-order valence-corrected chi connectivity index (χ1v) is 13.3. The number of aromatic nitrogens is 5. The first-order valence-electron chi connectivity index (χ1n) is 13.3. The van der Waals surface area contributed by atoms with Crippen LogP contribution in [0.4, 0.5) is 22.4 Å². The summed E-state index contributed by atoms with van der Waals surface area (Å²) in [4.78, 5) is 31.2. The topological polar surface area (TPSA) is 131 Å². The average Bonchev–Trinajstić information content (AvgIpc) is 3.48. The van der Waals surface area contributed by atoms with Gasteiger partial charge in [0.15, 0.2) is 11.3 Å². The predicted molar refractivity (Wildman–Crippen MR) is 130 cm³/mol. The Morgan fingerprint density at radius 1 is 1.15 bits per heavy atom. The molecule has 0 bridgehead atoms. The molecular weight excluding hydrogens is 536 g/mol. The normalized spacial score (nSPS) is 22.6. The number of hydrogen-bond donors (Lipinski definition) is 2. The predicted octanol–water partition coefficient (Wildman–Crippen LogP) is 4.01. The number of urea groups is 1. The summed E-state index contributed by atoms with van der Waals surface area (Å²) in [5.74, 6) is -6.57. The number of rotatable bonds is 7. The number of carbonyl (C=O) groups is 2. The van der Waals surface area contributed by atoms with Gasteiger partial charge in [-0.15, -0.1) is 0 Å². The van der Waals surface area contributed by atoms with Crippen LogP contribution in [0.1, 0.15) is 90.9 Å². The van der Waals surface area contributed by atoms with Gasteiger partial charge < -0.3 is 15.5 Å². The molecule has 2 atom stereocenters. The SMILES string of the molecule is C[C@@H](c1cnn2cc([C@@H](NC(=O)c3nonc3C3CC3)C3CCC(F)(F)CC3)nc2c1)N1CC(F)(F)CNC1=O. The van der Waals surface area contributed by atoms with E-state index in [-0.39, 0.29) is 43.2 Å². The van der Waals surface area contributed by atoms with Crippen LogP contribution in [0.3, 0.4) is 0 Å². The maximum absolute atomic E-state index is 14.0. The average molecular weight is 565 g/mol. The van der Waals surface area contributed by atoms with Crippen LogP contribution >= 0.6 is 0 Å². The molecule has 6 rings (SSSR count). The summed E-state index contributed by atoms with van der Waals surface area (Å²) >= 11 is 0. The molecular formula is C25H28F4N8O3. The second kappa shape index (κ2) is 9.70. The lowest BCUT2D eigenvalue weighted by molar-refractivity contribution is -0.0495. The van der Waals surface area contributed by atoms with E-state index in [2.05, 4.69) is 31.0 Å². The van der Waals surface area contributed by atoms with Gasteiger partial charge in [-0.1, -0.05) is 5.16 Å². The van der Waals surface area contributed by atoms with E-state index >= 15 is 0 Å². The second-order valence-electron chi connectivity index (χ2n) is 11.0. The molecule has 11 nitrogen and oxygen atoms in total. The molecule has 214 valence electrons. The fraction of sp³-hybridized carbons (Fsp3) is 0.600. The van der Waals surface area contributed by atoms with Gasteiger partial charge in [-0.25, -0.2) is 36.5 Å². The fourth-order valence-corrected chi connectivity index (χ4v) is 5.48. The van der Waals surface area contributed by atoms with Gasteiger partial charge >= 0.3 is 6.03 Å². The number of nitrogens with one attached hydrogen (secondary N) is 2. The van der Waals surface area contributed by atoms with Crippen LogP contribution in [0.15, 0.2) is 23.1 Å². The van der Waals surface area contributed by atoms with Crippen molar-refractivity contribution in [2.75, 3.05) is 13.1 Å². The van der Waals surface area contributed by atoms with Crippen molar-refractivity contribution < 1.29 is 31.8 Å². The maximum Gasteiger partial charge on any atom is 0.318 e. The van der Waals surface area contributed by atoms with E-state index in [9.17, 15) is 27.2 Å². The molecule has 15 heteroatoms. The summed E-state index contributed by atoms with van der Waals surface area (Å²) in [5, 5.41) is 17.1. The van der Waals surface area contributed by atoms with Crippen molar-refractivity contribution in [3.63, 3.8) is 0 Å². The first kappa shape index (κ1) is 26.4. The summed E-state index contributed by atoms with van der Waals surface area (Å²) in [6, 6.07) is -0.420. The third-order valence-corrected chi connectivity index (χ3v) is 8.00. The van der Waals surface area contributed by atoms with Crippen molar-refractivity contribution in [1.29, 1.82) is 0 Å². The molecule has 3 fully saturated rings. The van der Waals surface area contributed by atoms with Gasteiger partial charge in [0, 0.05) is 18.8 Å². The number of halogens is 4. The minimum absolute atomic E-state index is 0.0725. The monoisotopic (exact) mass is 564 g/mol. The Balaban J connectivity index is 1.28. The molecule has 1 aliphatic heterocycles. The molecule has 2 saturated carbocycles. The highest BCUT2D eigenvalue weighted by Crippen LogP contribution is 2.43. The molecule has 0 unspecified atom stereocenters. The van der Waals surface area contributed by atoms with Crippen molar-refractivity contribution in [3.05, 3.63) is 41.1 Å². The first-order chi connectivity index (χ1) is 19.0. The zero-order chi connectivity index (χ0) is 28.2. The summed E-state index contributed by atoms with van der Waals surface area (Å²) in [6.45, 7) is 0.167. The van der Waals surface area contributed by atoms with Gasteiger partial charge in [-0.2, -0.15) is 5.10 Å². The van der Waals surface area contributed by atoms with Crippen LogP contribution in [-0.4, -0.2) is 66.7 Å². The molecule has 0 radical (unpaired) electrons. The van der Waals surface area contributed by atoms with Crippen LogP contribution < -0.4 is 10.6 Å². The highest BCUT2D eigenvalue weighted by Gasteiger charge is 2.42. The van der Waals surface area contributed by atoms with E-state index < -0.39 is 49.0 Å². The van der Waals surface area contributed by atoms with E-state index in [1.54, 1.807) is 19.2 Å². The quantitative estimate of drug-likeness (QED) is 0.415. The summed E-state index contributed by atoms with van der Waals surface area (Å²) in [5.41, 5.74) is 1.80. The van der Waals surface area contributed by atoms with Crippen molar-refractivity contribution in [2.24, 2.45) is 5.92 Å². The lowest BCUT2D eigenvalue weighted by Crippen LogP contribution is -2.57. The van der Waals surface area contributed by atoms with Gasteiger partial charge in [-0.3, -0.25) is 4.79 Å². The third kappa shape index (κ3) is 5.20. The van der Waals surface area contributed by atoms with Crippen LogP contribution in [0.25, 0.3) is 5.65 Å². The van der Waals surface area contributed by atoms with Crippen LogP contribution in [-0.2, 0) is 0 Å². The zero-order valence-electron chi connectivity index (χ0n) is 21.6. The molecule has 3 aromatic heterocycles. The van der Waals surface area contributed by atoms with Gasteiger partial charge in [0.1, 0.15) is 5.69 Å². The molecule has 0 aromatic carbocycles. The molecule has 3 aromatic rings. The molecule has 3 amide bonds. The molecule has 4 heterocycles. The number of nitrogens with zero attached hydrogens (tertiary/aromatic N) is 6. The minimum Gasteiger partial charge on any atom is -0.342 e. The summed E-state index contributed by atoms with van der Waals surface area (Å²) in [6.07, 6.45) is 4.56. The summed E-state index contributed by atoms with van der Waals surface area (Å²) in [7, 11) is 0. The molecule has 2 aliphatic carbocycles. The highest BCUT2D eigenvalue weighted by atomic mass is 19.3. The van der Waals surface area contributed by atoms with E-state index in [1.165, 1.54) is 10.7 Å². The van der Waals surface area contributed by atoms with E-state index in [0.29, 0.717) is 22.6 Å². The lowest BCUT2D eigenvalue weighted by atomic mass is 9.81. The Bertz CT molecular complexity index is 1430. The molecule has 40 heavy (non-hydrogen) atoms. The molecule has 2 N–H and O–H groups in total. The number of amides is 3. The van der Waals surface area contributed by atoms with Crippen LogP contribution in [0.2, 0.25) is 0 Å². The number of carbonyl (C=O) groups excluding carboxylic acids is 2. The number of hydrogen-bond acceptors (Lipinski definition) is 7. The zero-order valence-corrected chi connectivity index (χ0v) is 21.6. The molecule has 0 spiro atoms. The molecule has 3 aliphatic rings. The standard InChI is InChI=1S/C25H28F4N8O3/c1-13(36-12-25(28,29)11-30-23(36)39)16-8-18-32-17(10-37(18)31-9-16)19(15-4-6-24(26,27)7-5-15)33-22(38)21-20(14-2-3-14)34-40-35-21/h8-10,13-15,19H,2-7,11-12H2,1H3,(H,30,39)(H,33,38)/t13-,19-/m0/s1. The number of imidazole rings is 1. The van der Waals surface area contributed by atoms with Crippen molar-refractivity contribution >= 4 is 17.6 Å². The van der Waals surface area contributed by atoms with E-state index in [1.807, 2.05) is 0 Å². The Kier molecular flexibility index (Phi) is 6.41. The van der Waals surface area contributed by atoms with Gasteiger partial charge in [0.25, 0.3) is 11.8 Å². The van der Waals surface area contributed by atoms with Crippen LogP contribution in [0.5, 0.6) is 0 Å². The van der Waals surface area contributed by atoms with Gasteiger partial charge in [0.2, 0.25) is 5.92 Å². The highest BCUT2D eigenvalue weighted by molar-refractivity contribution is 5.93. The van der Waals surface area contributed by atoms with Gasteiger partial charge in [0.05, 0.1) is 43.3 Å².